The van der Waals surface area contributed by atoms with Gasteiger partial charge < -0.3 is 10.1 Å². The first-order valence-corrected chi connectivity index (χ1v) is 6.33. The normalized spacial score (nSPS) is 23.9. The molecule has 0 aliphatic heterocycles. The van der Waals surface area contributed by atoms with Gasteiger partial charge >= 0.3 is 0 Å². The van der Waals surface area contributed by atoms with Crippen LogP contribution >= 0.6 is 15.9 Å². The third-order valence-electron chi connectivity index (χ3n) is 2.78. The molecule has 0 atom stereocenters. The predicted molar refractivity (Wildman–Crippen MR) is 65.2 cm³/mol. The minimum Gasteiger partial charge on any atom is -0.490 e. The third kappa shape index (κ3) is 2.74. The van der Waals surface area contributed by atoms with E-state index in [1.165, 1.54) is 6.07 Å². The van der Waals surface area contributed by atoms with Gasteiger partial charge in [0.15, 0.2) is 0 Å². The number of ether oxygens (including phenoxy) is 1. The average Bonchev–Trinajstić information content (AvgIpc) is 2.20. The molecule has 1 aromatic carbocycles. The van der Waals surface area contributed by atoms with Crippen molar-refractivity contribution in [1.29, 1.82) is 0 Å². The monoisotopic (exact) mass is 287 g/mol. The molecule has 88 valence electrons. The Balaban J connectivity index is 1.84. The van der Waals surface area contributed by atoms with E-state index in [4.69, 9.17) is 4.74 Å². The van der Waals surface area contributed by atoms with Crippen molar-refractivity contribution in [3.63, 3.8) is 0 Å². The van der Waals surface area contributed by atoms with Crippen molar-refractivity contribution < 1.29 is 9.13 Å². The molecule has 1 aliphatic rings. The molecule has 0 saturated heterocycles. The van der Waals surface area contributed by atoms with Crippen LogP contribution in [0.3, 0.4) is 0 Å². The van der Waals surface area contributed by atoms with Gasteiger partial charge in [0.05, 0.1) is 4.47 Å². The highest BCUT2D eigenvalue weighted by Crippen LogP contribution is 2.28. The molecule has 0 bridgehead atoms. The first-order valence-electron chi connectivity index (χ1n) is 5.54. The predicted octanol–water partition coefficient (Wildman–Crippen LogP) is 3.11. The van der Waals surface area contributed by atoms with Gasteiger partial charge in [-0.15, -0.1) is 0 Å². The SMILES string of the molecule is CCNC1CC(Oc2ccc(Br)c(F)c2)C1. The second kappa shape index (κ2) is 5.15. The first kappa shape index (κ1) is 11.9. The van der Waals surface area contributed by atoms with Crippen molar-refractivity contribution in [1.82, 2.24) is 5.32 Å². The lowest BCUT2D eigenvalue weighted by molar-refractivity contribution is 0.0856. The fourth-order valence-corrected chi connectivity index (χ4v) is 2.11. The zero-order valence-electron chi connectivity index (χ0n) is 9.17. The minimum atomic E-state index is -0.278. The van der Waals surface area contributed by atoms with Crippen molar-refractivity contribution in [2.24, 2.45) is 0 Å². The van der Waals surface area contributed by atoms with Crippen LogP contribution in [-0.2, 0) is 0 Å². The van der Waals surface area contributed by atoms with Crippen LogP contribution < -0.4 is 10.1 Å². The number of hydrogen-bond donors (Lipinski definition) is 1. The van der Waals surface area contributed by atoms with E-state index in [-0.39, 0.29) is 11.9 Å². The molecule has 1 saturated carbocycles. The molecule has 0 unspecified atom stereocenters. The Morgan fingerprint density at radius 3 is 2.88 bits per heavy atom. The van der Waals surface area contributed by atoms with Crippen molar-refractivity contribution in [2.45, 2.75) is 31.9 Å². The molecule has 0 spiro atoms. The quantitative estimate of drug-likeness (QED) is 0.919. The summed E-state index contributed by atoms with van der Waals surface area (Å²) in [7, 11) is 0. The molecule has 1 fully saturated rings. The lowest BCUT2D eigenvalue weighted by Crippen LogP contribution is -2.46. The van der Waals surface area contributed by atoms with E-state index in [2.05, 4.69) is 28.2 Å². The van der Waals surface area contributed by atoms with Gasteiger partial charge in [-0.3, -0.25) is 0 Å². The smallest absolute Gasteiger partial charge is 0.141 e. The highest BCUT2D eigenvalue weighted by Gasteiger charge is 2.29. The van der Waals surface area contributed by atoms with Crippen molar-refractivity contribution >= 4 is 15.9 Å². The summed E-state index contributed by atoms with van der Waals surface area (Å²) in [6.07, 6.45) is 2.24. The summed E-state index contributed by atoms with van der Waals surface area (Å²) in [5, 5.41) is 3.36. The van der Waals surface area contributed by atoms with Crippen molar-refractivity contribution in [3.05, 3.63) is 28.5 Å². The summed E-state index contributed by atoms with van der Waals surface area (Å²) in [6.45, 7) is 3.09. The van der Waals surface area contributed by atoms with Crippen molar-refractivity contribution in [2.75, 3.05) is 6.54 Å². The molecule has 0 radical (unpaired) electrons. The summed E-state index contributed by atoms with van der Waals surface area (Å²) in [4.78, 5) is 0. The molecule has 0 aromatic heterocycles. The van der Waals surface area contributed by atoms with Gasteiger partial charge in [-0.25, -0.2) is 4.39 Å². The van der Waals surface area contributed by atoms with Crippen LogP contribution in [0.15, 0.2) is 22.7 Å². The molecular weight excluding hydrogens is 273 g/mol. The number of nitrogens with one attached hydrogen (secondary N) is 1. The standard InChI is InChI=1S/C12H15BrFNO/c1-2-15-8-5-10(6-8)16-9-3-4-11(13)12(14)7-9/h3-4,7-8,10,15H,2,5-6H2,1H3. The Morgan fingerprint density at radius 1 is 1.50 bits per heavy atom. The second-order valence-corrected chi connectivity index (χ2v) is 4.90. The minimum absolute atomic E-state index is 0.227. The summed E-state index contributed by atoms with van der Waals surface area (Å²) < 4.78 is 19.3. The van der Waals surface area contributed by atoms with Gasteiger partial charge in [0.25, 0.3) is 0 Å². The topological polar surface area (TPSA) is 21.3 Å². The van der Waals surface area contributed by atoms with Gasteiger partial charge in [-0.1, -0.05) is 6.92 Å². The van der Waals surface area contributed by atoms with E-state index in [0.29, 0.717) is 16.3 Å². The molecule has 0 amide bonds. The number of halogens is 2. The van der Waals surface area contributed by atoms with Gasteiger partial charge in [0.2, 0.25) is 0 Å². The second-order valence-electron chi connectivity index (χ2n) is 4.04. The van der Waals surface area contributed by atoms with E-state index in [9.17, 15) is 4.39 Å². The lowest BCUT2D eigenvalue weighted by Gasteiger charge is -2.35. The highest BCUT2D eigenvalue weighted by molar-refractivity contribution is 9.10. The Morgan fingerprint density at radius 2 is 2.25 bits per heavy atom. The Bertz CT molecular complexity index is 366. The zero-order valence-corrected chi connectivity index (χ0v) is 10.8. The summed E-state index contributed by atoms with van der Waals surface area (Å²) in [5.41, 5.74) is 0. The average molecular weight is 288 g/mol. The van der Waals surface area contributed by atoms with Crippen LogP contribution in [0.1, 0.15) is 19.8 Å². The molecule has 2 rings (SSSR count). The van der Waals surface area contributed by atoms with Gasteiger partial charge in [0, 0.05) is 12.1 Å². The molecule has 4 heteroatoms. The van der Waals surface area contributed by atoms with E-state index in [0.717, 1.165) is 19.4 Å². The third-order valence-corrected chi connectivity index (χ3v) is 3.42. The maximum atomic E-state index is 13.2. The van der Waals surface area contributed by atoms with Crippen LogP contribution in [0, 0.1) is 5.82 Å². The summed E-state index contributed by atoms with van der Waals surface area (Å²) >= 11 is 3.12. The van der Waals surface area contributed by atoms with Crippen LogP contribution in [0.2, 0.25) is 0 Å². The fourth-order valence-electron chi connectivity index (χ4n) is 1.86. The van der Waals surface area contributed by atoms with E-state index < -0.39 is 0 Å². The van der Waals surface area contributed by atoms with Gasteiger partial charge in [0.1, 0.15) is 17.7 Å². The Labute approximate surface area is 103 Å². The number of rotatable bonds is 4. The van der Waals surface area contributed by atoms with Crippen LogP contribution in [0.5, 0.6) is 5.75 Å². The molecule has 0 heterocycles. The highest BCUT2D eigenvalue weighted by atomic mass is 79.9. The van der Waals surface area contributed by atoms with E-state index >= 15 is 0 Å². The van der Waals surface area contributed by atoms with E-state index in [1.54, 1.807) is 12.1 Å². The fraction of sp³-hybridized carbons (Fsp3) is 0.500. The summed E-state index contributed by atoms with van der Waals surface area (Å²) in [6, 6.07) is 5.44. The molecule has 16 heavy (non-hydrogen) atoms. The Hall–Kier alpha value is -0.610. The lowest BCUT2D eigenvalue weighted by atomic mass is 9.89. The van der Waals surface area contributed by atoms with Crippen LogP contribution in [0.4, 0.5) is 4.39 Å². The van der Waals surface area contributed by atoms with Crippen molar-refractivity contribution in [3.8, 4) is 5.75 Å². The largest absolute Gasteiger partial charge is 0.490 e. The van der Waals surface area contributed by atoms with Crippen LogP contribution in [-0.4, -0.2) is 18.7 Å². The number of hydrogen-bond acceptors (Lipinski definition) is 2. The maximum absolute atomic E-state index is 13.2. The molecule has 1 aromatic rings. The molecule has 1 N–H and O–H groups in total. The van der Waals surface area contributed by atoms with Crippen LogP contribution in [0.25, 0.3) is 0 Å². The molecule has 2 nitrogen and oxygen atoms in total. The first-order chi connectivity index (χ1) is 7.69. The Kier molecular flexibility index (Phi) is 3.82. The van der Waals surface area contributed by atoms with Gasteiger partial charge in [-0.2, -0.15) is 0 Å². The summed E-state index contributed by atoms with van der Waals surface area (Å²) in [5.74, 6) is 0.334. The zero-order chi connectivity index (χ0) is 11.5. The number of benzene rings is 1. The molecular formula is C12H15BrFNO. The van der Waals surface area contributed by atoms with Gasteiger partial charge in [-0.05, 0) is 47.4 Å². The molecule has 1 aliphatic carbocycles. The van der Waals surface area contributed by atoms with E-state index in [1.807, 2.05) is 0 Å². The maximum Gasteiger partial charge on any atom is 0.141 e.